The van der Waals surface area contributed by atoms with E-state index in [0.29, 0.717) is 11.3 Å². The molecule has 0 radical (unpaired) electrons. The summed E-state index contributed by atoms with van der Waals surface area (Å²) in [4.78, 5) is 26.7. The van der Waals surface area contributed by atoms with Crippen molar-refractivity contribution in [2.75, 3.05) is 5.32 Å². The number of hydrogen-bond donors (Lipinski definition) is 1. The molecule has 0 aliphatic rings. The number of aromatic nitrogens is 1. The number of pyridine rings is 1. The number of nitrogens with one attached hydrogen (secondary N) is 1. The number of carbonyl (C=O) groups is 1. The van der Waals surface area contributed by atoms with Crippen LogP contribution in [0.25, 0.3) is 11.3 Å². The van der Waals surface area contributed by atoms with Gasteiger partial charge in [0, 0.05) is 17.8 Å². The van der Waals surface area contributed by atoms with E-state index in [1.807, 2.05) is 0 Å². The van der Waals surface area contributed by atoms with E-state index < -0.39 is 16.6 Å². The van der Waals surface area contributed by atoms with Gasteiger partial charge in [0.1, 0.15) is 11.3 Å². The molecule has 1 amide bonds. The van der Waals surface area contributed by atoms with E-state index in [1.54, 1.807) is 51.2 Å². The van der Waals surface area contributed by atoms with Crippen LogP contribution in [0.15, 0.2) is 42.6 Å². The van der Waals surface area contributed by atoms with Crippen molar-refractivity contribution >= 4 is 17.5 Å². The molecular formula is C16H17N3O4. The van der Waals surface area contributed by atoms with Gasteiger partial charge in [0.15, 0.2) is 0 Å². The fraction of sp³-hybridized carbons (Fsp3) is 0.250. The average molecular weight is 315 g/mol. The van der Waals surface area contributed by atoms with E-state index in [0.717, 1.165) is 0 Å². The van der Waals surface area contributed by atoms with Gasteiger partial charge in [-0.25, -0.2) is 4.79 Å². The smallest absolute Gasteiger partial charge is 0.412 e. The number of anilines is 1. The summed E-state index contributed by atoms with van der Waals surface area (Å²) in [5, 5.41) is 13.7. The van der Waals surface area contributed by atoms with E-state index in [1.165, 1.54) is 12.1 Å². The van der Waals surface area contributed by atoms with Crippen molar-refractivity contribution in [3.63, 3.8) is 0 Å². The highest BCUT2D eigenvalue weighted by Gasteiger charge is 2.21. The summed E-state index contributed by atoms with van der Waals surface area (Å²) in [6.45, 7) is 5.14. The third-order valence-corrected chi connectivity index (χ3v) is 2.79. The van der Waals surface area contributed by atoms with Crippen molar-refractivity contribution < 1.29 is 14.5 Å². The summed E-state index contributed by atoms with van der Waals surface area (Å²) in [5.74, 6) is 0. The highest BCUT2D eigenvalue weighted by Crippen LogP contribution is 2.30. The molecular weight excluding hydrogens is 298 g/mol. The number of nitrogens with zero attached hydrogens (tertiary/aromatic N) is 2. The molecule has 1 N–H and O–H groups in total. The second-order valence-electron chi connectivity index (χ2n) is 5.83. The standard InChI is InChI=1S/C16H17N3O4/c1-16(2,3)23-15(20)18-13-8-7-11(10-14(13)19(21)22)12-6-4-5-9-17-12/h4-10H,1-3H3,(H,18,20). The van der Waals surface area contributed by atoms with Crippen molar-refractivity contribution in [3.05, 3.63) is 52.7 Å². The lowest BCUT2D eigenvalue weighted by molar-refractivity contribution is -0.383. The first-order valence-corrected chi connectivity index (χ1v) is 6.96. The van der Waals surface area contributed by atoms with Crippen LogP contribution < -0.4 is 5.32 Å². The van der Waals surface area contributed by atoms with Crippen molar-refractivity contribution in [1.82, 2.24) is 4.98 Å². The maximum Gasteiger partial charge on any atom is 0.412 e. The largest absolute Gasteiger partial charge is 0.444 e. The van der Waals surface area contributed by atoms with Crippen molar-refractivity contribution in [2.45, 2.75) is 26.4 Å². The van der Waals surface area contributed by atoms with Crippen molar-refractivity contribution in [3.8, 4) is 11.3 Å². The Kier molecular flexibility index (Phi) is 4.59. The Bertz CT molecular complexity index is 724. The van der Waals surface area contributed by atoms with Gasteiger partial charge in [-0.1, -0.05) is 12.1 Å². The van der Waals surface area contributed by atoms with Gasteiger partial charge in [-0.15, -0.1) is 0 Å². The lowest BCUT2D eigenvalue weighted by atomic mass is 10.1. The molecule has 0 aliphatic carbocycles. The van der Waals surface area contributed by atoms with Crippen LogP contribution in [0.3, 0.4) is 0 Å². The van der Waals surface area contributed by atoms with Gasteiger partial charge in [-0.05, 0) is 39.0 Å². The van der Waals surface area contributed by atoms with Crippen LogP contribution in [0.1, 0.15) is 20.8 Å². The Morgan fingerprint density at radius 3 is 2.57 bits per heavy atom. The zero-order valence-electron chi connectivity index (χ0n) is 13.1. The van der Waals surface area contributed by atoms with Gasteiger partial charge in [0.05, 0.1) is 10.6 Å². The molecule has 2 aromatic rings. The van der Waals surface area contributed by atoms with Crippen LogP contribution in [0.4, 0.5) is 16.2 Å². The summed E-state index contributed by atoms with van der Waals surface area (Å²) >= 11 is 0. The van der Waals surface area contributed by atoms with Gasteiger partial charge >= 0.3 is 6.09 Å². The highest BCUT2D eigenvalue weighted by atomic mass is 16.6. The van der Waals surface area contributed by atoms with E-state index in [4.69, 9.17) is 4.74 Å². The quantitative estimate of drug-likeness (QED) is 0.682. The van der Waals surface area contributed by atoms with Crippen LogP contribution in [0.2, 0.25) is 0 Å². The number of benzene rings is 1. The highest BCUT2D eigenvalue weighted by molar-refractivity contribution is 5.89. The maximum atomic E-state index is 11.8. The molecule has 7 heteroatoms. The van der Waals surface area contributed by atoms with Gasteiger partial charge in [-0.2, -0.15) is 0 Å². The molecule has 0 atom stereocenters. The first-order chi connectivity index (χ1) is 10.8. The molecule has 0 fully saturated rings. The number of nitro groups is 1. The van der Waals surface area contributed by atoms with Gasteiger partial charge < -0.3 is 4.74 Å². The minimum Gasteiger partial charge on any atom is -0.444 e. The summed E-state index contributed by atoms with van der Waals surface area (Å²) in [5.41, 5.74) is 0.363. The first kappa shape index (κ1) is 16.4. The van der Waals surface area contributed by atoms with Crippen LogP contribution >= 0.6 is 0 Å². The second-order valence-corrected chi connectivity index (χ2v) is 5.83. The zero-order chi connectivity index (χ0) is 17.0. The van der Waals surface area contributed by atoms with E-state index >= 15 is 0 Å². The number of amides is 1. The molecule has 120 valence electrons. The average Bonchev–Trinajstić information content (AvgIpc) is 2.46. The number of carbonyl (C=O) groups excluding carboxylic acids is 1. The lowest BCUT2D eigenvalue weighted by Gasteiger charge is -2.19. The van der Waals surface area contributed by atoms with Gasteiger partial charge in [0.25, 0.3) is 5.69 Å². The van der Waals surface area contributed by atoms with Crippen LogP contribution in [0.5, 0.6) is 0 Å². The molecule has 2 rings (SSSR count). The third kappa shape index (κ3) is 4.50. The SMILES string of the molecule is CC(C)(C)OC(=O)Nc1ccc(-c2ccccn2)cc1[N+](=O)[O-]. The third-order valence-electron chi connectivity index (χ3n) is 2.79. The minimum absolute atomic E-state index is 0.0731. The lowest BCUT2D eigenvalue weighted by Crippen LogP contribution is -2.27. The fourth-order valence-electron chi connectivity index (χ4n) is 1.89. The number of nitro benzene ring substituents is 1. The molecule has 1 heterocycles. The summed E-state index contributed by atoms with van der Waals surface area (Å²) in [7, 11) is 0. The monoisotopic (exact) mass is 315 g/mol. The zero-order valence-corrected chi connectivity index (χ0v) is 13.1. The number of rotatable bonds is 3. The van der Waals surface area contributed by atoms with Crippen LogP contribution in [-0.2, 0) is 4.74 Å². The van der Waals surface area contributed by atoms with Gasteiger partial charge in [0.2, 0.25) is 0 Å². The van der Waals surface area contributed by atoms with E-state index in [2.05, 4.69) is 10.3 Å². The Morgan fingerprint density at radius 1 is 1.26 bits per heavy atom. The van der Waals surface area contributed by atoms with Crippen LogP contribution in [0, 0.1) is 10.1 Å². The van der Waals surface area contributed by atoms with Crippen molar-refractivity contribution in [2.24, 2.45) is 0 Å². The fourth-order valence-corrected chi connectivity index (χ4v) is 1.89. The molecule has 0 spiro atoms. The molecule has 0 bridgehead atoms. The van der Waals surface area contributed by atoms with Gasteiger partial charge in [-0.3, -0.25) is 20.4 Å². The normalized spacial score (nSPS) is 10.9. The molecule has 0 unspecified atom stereocenters. The predicted octanol–water partition coefficient (Wildman–Crippen LogP) is 4.00. The van der Waals surface area contributed by atoms with Crippen LogP contribution in [-0.4, -0.2) is 21.6 Å². The molecule has 0 saturated heterocycles. The minimum atomic E-state index is -0.744. The number of hydrogen-bond acceptors (Lipinski definition) is 5. The second kappa shape index (κ2) is 6.43. The number of ether oxygens (including phenoxy) is 1. The van der Waals surface area contributed by atoms with Crippen molar-refractivity contribution in [1.29, 1.82) is 0 Å². The Hall–Kier alpha value is -2.96. The Morgan fingerprint density at radius 2 is 2.00 bits per heavy atom. The van der Waals surface area contributed by atoms with E-state index in [9.17, 15) is 14.9 Å². The first-order valence-electron chi connectivity index (χ1n) is 6.96. The summed E-state index contributed by atoms with van der Waals surface area (Å²) < 4.78 is 5.11. The predicted molar refractivity (Wildman–Crippen MR) is 86.2 cm³/mol. The maximum absolute atomic E-state index is 11.8. The molecule has 7 nitrogen and oxygen atoms in total. The Labute approximate surface area is 133 Å². The molecule has 1 aromatic heterocycles. The molecule has 0 saturated carbocycles. The molecule has 23 heavy (non-hydrogen) atoms. The summed E-state index contributed by atoms with van der Waals surface area (Å²) in [6.07, 6.45) is 0.861. The Balaban J connectivity index is 2.31. The topological polar surface area (TPSA) is 94.4 Å². The molecule has 0 aliphatic heterocycles. The molecule has 1 aromatic carbocycles. The van der Waals surface area contributed by atoms with E-state index in [-0.39, 0.29) is 11.4 Å². The summed E-state index contributed by atoms with van der Waals surface area (Å²) in [6, 6.07) is 9.79.